The number of benzene rings is 1. The number of hydrogen-bond donors (Lipinski definition) is 1. The molecule has 1 heterocycles. The standard InChI is InChI=1S/C15H21N/c1-2-6-13(7-3-1)12-15-10-4-8-14(15)9-5-11-16-15/h1-3,6-7,14,16H,4-5,8-12H2/t14-,15+/m0/s1. The maximum atomic E-state index is 3.84. The van der Waals surface area contributed by atoms with Crippen LogP contribution in [0.3, 0.4) is 0 Å². The molecule has 86 valence electrons. The summed E-state index contributed by atoms with van der Waals surface area (Å²) in [7, 11) is 0. The number of piperidine rings is 1. The third-order valence-corrected chi connectivity index (χ3v) is 4.53. The Hall–Kier alpha value is -0.820. The SMILES string of the molecule is c1ccc(C[C@]23CCC[C@H]2CCCN3)cc1. The van der Waals surface area contributed by atoms with Crippen LogP contribution in [0, 0.1) is 5.92 Å². The van der Waals surface area contributed by atoms with Crippen molar-refractivity contribution in [2.45, 2.75) is 44.1 Å². The number of hydrogen-bond acceptors (Lipinski definition) is 1. The van der Waals surface area contributed by atoms with Crippen LogP contribution in [0.5, 0.6) is 0 Å². The van der Waals surface area contributed by atoms with Gasteiger partial charge in [0.1, 0.15) is 0 Å². The van der Waals surface area contributed by atoms with E-state index >= 15 is 0 Å². The summed E-state index contributed by atoms with van der Waals surface area (Å²) >= 11 is 0. The van der Waals surface area contributed by atoms with E-state index in [1.807, 2.05) is 0 Å². The second-order valence-corrected chi connectivity index (χ2v) is 5.48. The Kier molecular flexibility index (Phi) is 2.72. The molecule has 1 aliphatic carbocycles. The average Bonchev–Trinajstić information content (AvgIpc) is 2.73. The first kappa shape index (κ1) is 10.3. The minimum Gasteiger partial charge on any atom is -0.311 e. The summed E-state index contributed by atoms with van der Waals surface area (Å²) in [5.74, 6) is 0.932. The van der Waals surface area contributed by atoms with Gasteiger partial charge < -0.3 is 5.32 Å². The number of nitrogens with one attached hydrogen (secondary N) is 1. The lowest BCUT2D eigenvalue weighted by atomic mass is 9.77. The Bertz CT molecular complexity index is 346. The Morgan fingerprint density at radius 2 is 1.94 bits per heavy atom. The van der Waals surface area contributed by atoms with Gasteiger partial charge in [0.05, 0.1) is 0 Å². The van der Waals surface area contributed by atoms with Gasteiger partial charge >= 0.3 is 0 Å². The van der Waals surface area contributed by atoms with Crippen LogP contribution in [-0.2, 0) is 6.42 Å². The van der Waals surface area contributed by atoms with Gasteiger partial charge in [0.15, 0.2) is 0 Å². The van der Waals surface area contributed by atoms with Gasteiger partial charge in [-0.05, 0) is 50.1 Å². The summed E-state index contributed by atoms with van der Waals surface area (Å²) in [4.78, 5) is 0. The van der Waals surface area contributed by atoms with Crippen LogP contribution in [0.15, 0.2) is 30.3 Å². The Morgan fingerprint density at radius 1 is 1.12 bits per heavy atom. The topological polar surface area (TPSA) is 12.0 Å². The molecule has 0 radical (unpaired) electrons. The van der Waals surface area contributed by atoms with Crippen molar-refractivity contribution in [3.8, 4) is 0 Å². The largest absolute Gasteiger partial charge is 0.311 e. The van der Waals surface area contributed by atoms with Crippen molar-refractivity contribution >= 4 is 0 Å². The summed E-state index contributed by atoms with van der Waals surface area (Å²) in [6.07, 6.45) is 8.30. The normalized spacial score (nSPS) is 33.6. The van der Waals surface area contributed by atoms with Gasteiger partial charge in [-0.3, -0.25) is 0 Å². The van der Waals surface area contributed by atoms with Crippen molar-refractivity contribution in [3.05, 3.63) is 35.9 Å². The monoisotopic (exact) mass is 215 g/mol. The van der Waals surface area contributed by atoms with Crippen LogP contribution in [0.2, 0.25) is 0 Å². The smallest absolute Gasteiger partial charge is 0.0249 e. The van der Waals surface area contributed by atoms with E-state index in [9.17, 15) is 0 Å². The Morgan fingerprint density at radius 3 is 2.81 bits per heavy atom. The molecule has 0 unspecified atom stereocenters. The summed E-state index contributed by atoms with van der Waals surface area (Å²) in [5, 5.41) is 3.84. The predicted molar refractivity (Wildman–Crippen MR) is 67.5 cm³/mol. The molecule has 2 aliphatic rings. The van der Waals surface area contributed by atoms with E-state index in [1.165, 1.54) is 50.6 Å². The summed E-state index contributed by atoms with van der Waals surface area (Å²) < 4.78 is 0. The van der Waals surface area contributed by atoms with E-state index in [-0.39, 0.29) is 0 Å². The van der Waals surface area contributed by atoms with Crippen LogP contribution in [0.4, 0.5) is 0 Å². The van der Waals surface area contributed by atoms with Gasteiger partial charge in [-0.2, -0.15) is 0 Å². The van der Waals surface area contributed by atoms with E-state index in [1.54, 1.807) is 0 Å². The Labute approximate surface area is 98.3 Å². The zero-order chi connectivity index (χ0) is 10.8. The van der Waals surface area contributed by atoms with Crippen molar-refractivity contribution in [1.82, 2.24) is 5.32 Å². The second-order valence-electron chi connectivity index (χ2n) is 5.48. The fourth-order valence-corrected chi connectivity index (χ4v) is 3.74. The molecule has 0 aromatic heterocycles. The molecule has 0 bridgehead atoms. The van der Waals surface area contributed by atoms with Crippen LogP contribution in [-0.4, -0.2) is 12.1 Å². The highest BCUT2D eigenvalue weighted by atomic mass is 15.0. The molecule has 1 saturated heterocycles. The maximum absolute atomic E-state index is 3.84. The molecule has 1 nitrogen and oxygen atoms in total. The number of fused-ring (bicyclic) bond motifs is 1. The van der Waals surface area contributed by atoms with Crippen LogP contribution in [0.1, 0.15) is 37.7 Å². The summed E-state index contributed by atoms with van der Waals surface area (Å²) in [6.45, 7) is 1.23. The molecular formula is C15H21N. The molecule has 1 saturated carbocycles. The molecule has 1 heteroatoms. The third-order valence-electron chi connectivity index (χ3n) is 4.53. The fraction of sp³-hybridized carbons (Fsp3) is 0.600. The molecule has 1 aromatic carbocycles. The van der Waals surface area contributed by atoms with Gasteiger partial charge in [-0.15, -0.1) is 0 Å². The maximum Gasteiger partial charge on any atom is 0.0249 e. The molecule has 1 aliphatic heterocycles. The predicted octanol–water partition coefficient (Wildman–Crippen LogP) is 3.15. The van der Waals surface area contributed by atoms with E-state index in [4.69, 9.17) is 0 Å². The van der Waals surface area contributed by atoms with Crippen molar-refractivity contribution in [2.75, 3.05) is 6.54 Å². The molecule has 3 rings (SSSR count). The van der Waals surface area contributed by atoms with E-state index in [0.717, 1.165) is 5.92 Å². The van der Waals surface area contributed by atoms with E-state index < -0.39 is 0 Å². The van der Waals surface area contributed by atoms with E-state index in [0.29, 0.717) is 5.54 Å². The first-order valence-corrected chi connectivity index (χ1v) is 6.68. The lowest BCUT2D eigenvalue weighted by Crippen LogP contribution is -2.53. The van der Waals surface area contributed by atoms with Crippen molar-refractivity contribution in [1.29, 1.82) is 0 Å². The zero-order valence-electron chi connectivity index (χ0n) is 9.91. The quantitative estimate of drug-likeness (QED) is 0.799. The van der Waals surface area contributed by atoms with Crippen LogP contribution < -0.4 is 5.32 Å². The van der Waals surface area contributed by atoms with Crippen molar-refractivity contribution in [2.24, 2.45) is 5.92 Å². The fourth-order valence-electron chi connectivity index (χ4n) is 3.74. The van der Waals surface area contributed by atoms with Gasteiger partial charge in [0.25, 0.3) is 0 Å². The first-order chi connectivity index (χ1) is 7.89. The lowest BCUT2D eigenvalue weighted by molar-refractivity contribution is 0.189. The Balaban J connectivity index is 1.81. The summed E-state index contributed by atoms with van der Waals surface area (Å²) in [6, 6.07) is 11.0. The van der Waals surface area contributed by atoms with Crippen LogP contribution in [0.25, 0.3) is 0 Å². The van der Waals surface area contributed by atoms with E-state index in [2.05, 4.69) is 35.6 Å². The molecule has 0 spiro atoms. The number of rotatable bonds is 2. The first-order valence-electron chi connectivity index (χ1n) is 6.68. The summed E-state index contributed by atoms with van der Waals surface area (Å²) in [5.41, 5.74) is 1.95. The zero-order valence-corrected chi connectivity index (χ0v) is 9.91. The minimum absolute atomic E-state index is 0.444. The van der Waals surface area contributed by atoms with Gasteiger partial charge in [0.2, 0.25) is 0 Å². The molecule has 1 aromatic rings. The second kappa shape index (κ2) is 4.21. The van der Waals surface area contributed by atoms with Crippen molar-refractivity contribution < 1.29 is 0 Å². The van der Waals surface area contributed by atoms with Gasteiger partial charge in [-0.1, -0.05) is 36.8 Å². The molecule has 0 amide bonds. The molecule has 1 N–H and O–H groups in total. The van der Waals surface area contributed by atoms with Gasteiger partial charge in [0, 0.05) is 5.54 Å². The molecular weight excluding hydrogens is 194 g/mol. The highest BCUT2D eigenvalue weighted by molar-refractivity contribution is 5.20. The molecule has 16 heavy (non-hydrogen) atoms. The minimum atomic E-state index is 0.444. The van der Waals surface area contributed by atoms with Gasteiger partial charge in [-0.25, -0.2) is 0 Å². The van der Waals surface area contributed by atoms with Crippen molar-refractivity contribution in [3.63, 3.8) is 0 Å². The lowest BCUT2D eigenvalue weighted by Gasteiger charge is -2.41. The highest BCUT2D eigenvalue weighted by Crippen LogP contribution is 2.42. The molecule has 2 atom stereocenters. The van der Waals surface area contributed by atoms with Crippen LogP contribution >= 0.6 is 0 Å². The third kappa shape index (κ3) is 1.78. The average molecular weight is 215 g/mol. The molecule has 2 fully saturated rings. The highest BCUT2D eigenvalue weighted by Gasteiger charge is 2.43.